The molecule has 0 aliphatic carbocycles. The van der Waals surface area contributed by atoms with Gasteiger partial charge in [0.25, 0.3) is 0 Å². The molecule has 0 heterocycles. The van der Waals surface area contributed by atoms with Gasteiger partial charge in [-0.05, 0) is 24.8 Å². The molecule has 3 heteroatoms. The van der Waals surface area contributed by atoms with Crippen LogP contribution in [-0.2, 0) is 11.3 Å². The van der Waals surface area contributed by atoms with Crippen molar-refractivity contribution in [1.29, 1.82) is 0 Å². The molecule has 0 bridgehead atoms. The molecule has 1 aromatic carbocycles. The Morgan fingerprint density at radius 1 is 1.10 bits per heavy atom. The predicted octanol–water partition coefficient (Wildman–Crippen LogP) is 3.80. The SMILES string of the molecule is CCCCCC[C@H](O)CCCC(=O)NCc1ccccc1. The zero-order valence-corrected chi connectivity index (χ0v) is 13.2. The lowest BCUT2D eigenvalue weighted by atomic mass is 10.0. The summed E-state index contributed by atoms with van der Waals surface area (Å²) in [5, 5.41) is 12.7. The summed E-state index contributed by atoms with van der Waals surface area (Å²) in [6, 6.07) is 9.90. The van der Waals surface area contributed by atoms with Crippen LogP contribution in [0, 0.1) is 0 Å². The van der Waals surface area contributed by atoms with Crippen LogP contribution in [0.1, 0.15) is 63.9 Å². The molecule has 0 unspecified atom stereocenters. The fourth-order valence-corrected chi connectivity index (χ4v) is 2.33. The third-order valence-electron chi connectivity index (χ3n) is 3.66. The zero-order valence-electron chi connectivity index (χ0n) is 13.2. The van der Waals surface area contributed by atoms with Crippen LogP contribution in [0.2, 0.25) is 0 Å². The van der Waals surface area contributed by atoms with E-state index < -0.39 is 0 Å². The number of nitrogens with one attached hydrogen (secondary N) is 1. The van der Waals surface area contributed by atoms with Crippen LogP contribution in [0.25, 0.3) is 0 Å². The molecule has 1 amide bonds. The van der Waals surface area contributed by atoms with E-state index in [4.69, 9.17) is 0 Å². The standard InChI is InChI=1S/C18H29NO2/c1-2-3-4-8-12-17(20)13-9-14-18(21)19-15-16-10-6-5-7-11-16/h5-7,10-11,17,20H,2-4,8-9,12-15H2,1H3,(H,19,21)/t17-/m0/s1. The molecule has 0 fully saturated rings. The van der Waals surface area contributed by atoms with Crippen LogP contribution < -0.4 is 5.32 Å². The van der Waals surface area contributed by atoms with Crippen molar-refractivity contribution in [3.63, 3.8) is 0 Å². The van der Waals surface area contributed by atoms with E-state index in [-0.39, 0.29) is 12.0 Å². The van der Waals surface area contributed by atoms with Crippen molar-refractivity contribution in [3.05, 3.63) is 35.9 Å². The maximum Gasteiger partial charge on any atom is 0.220 e. The largest absolute Gasteiger partial charge is 0.393 e. The van der Waals surface area contributed by atoms with E-state index in [0.29, 0.717) is 13.0 Å². The number of carbonyl (C=O) groups excluding carboxylic acids is 1. The minimum absolute atomic E-state index is 0.0667. The van der Waals surface area contributed by atoms with Crippen LogP contribution in [0.3, 0.4) is 0 Å². The van der Waals surface area contributed by atoms with Crippen molar-refractivity contribution in [1.82, 2.24) is 5.32 Å². The van der Waals surface area contributed by atoms with E-state index in [2.05, 4.69) is 12.2 Å². The van der Waals surface area contributed by atoms with Crippen molar-refractivity contribution in [2.75, 3.05) is 0 Å². The predicted molar refractivity (Wildman–Crippen MR) is 86.9 cm³/mol. The smallest absolute Gasteiger partial charge is 0.220 e. The average Bonchev–Trinajstić information content (AvgIpc) is 2.50. The topological polar surface area (TPSA) is 49.3 Å². The number of hydrogen-bond acceptors (Lipinski definition) is 2. The molecular formula is C18H29NO2. The van der Waals surface area contributed by atoms with Gasteiger partial charge in [0, 0.05) is 13.0 Å². The zero-order chi connectivity index (χ0) is 15.3. The van der Waals surface area contributed by atoms with Crippen LogP contribution in [-0.4, -0.2) is 17.1 Å². The molecule has 0 aromatic heterocycles. The van der Waals surface area contributed by atoms with Crippen molar-refractivity contribution in [2.45, 2.75) is 70.9 Å². The highest BCUT2D eigenvalue weighted by atomic mass is 16.3. The van der Waals surface area contributed by atoms with E-state index in [1.54, 1.807) is 0 Å². The molecule has 0 aliphatic heterocycles. The van der Waals surface area contributed by atoms with Gasteiger partial charge in [-0.25, -0.2) is 0 Å². The second-order valence-electron chi connectivity index (χ2n) is 5.66. The quantitative estimate of drug-likeness (QED) is 0.609. The van der Waals surface area contributed by atoms with E-state index >= 15 is 0 Å². The Hall–Kier alpha value is -1.35. The third-order valence-corrected chi connectivity index (χ3v) is 3.66. The highest BCUT2D eigenvalue weighted by molar-refractivity contribution is 5.75. The summed E-state index contributed by atoms with van der Waals surface area (Å²) in [5.74, 6) is 0.0667. The van der Waals surface area contributed by atoms with Crippen LogP contribution in [0.15, 0.2) is 30.3 Å². The Balaban J connectivity index is 2.02. The molecule has 0 spiro atoms. The number of benzene rings is 1. The normalized spacial score (nSPS) is 12.1. The first kappa shape index (κ1) is 17.7. The number of carbonyl (C=O) groups is 1. The van der Waals surface area contributed by atoms with E-state index in [0.717, 1.165) is 31.2 Å². The van der Waals surface area contributed by atoms with Crippen molar-refractivity contribution < 1.29 is 9.90 Å². The summed E-state index contributed by atoms with van der Waals surface area (Å²) in [5.41, 5.74) is 1.11. The first-order valence-corrected chi connectivity index (χ1v) is 8.21. The monoisotopic (exact) mass is 291 g/mol. The Labute approximate surface area is 128 Å². The van der Waals surface area contributed by atoms with Crippen molar-refractivity contribution in [2.24, 2.45) is 0 Å². The van der Waals surface area contributed by atoms with E-state index in [1.165, 1.54) is 19.3 Å². The first-order valence-electron chi connectivity index (χ1n) is 8.21. The molecular weight excluding hydrogens is 262 g/mol. The molecule has 1 aromatic rings. The highest BCUT2D eigenvalue weighted by Gasteiger charge is 2.06. The number of aliphatic hydroxyl groups excluding tert-OH is 1. The van der Waals surface area contributed by atoms with Gasteiger partial charge in [-0.2, -0.15) is 0 Å². The number of amides is 1. The molecule has 0 saturated carbocycles. The number of hydrogen-bond donors (Lipinski definition) is 2. The summed E-state index contributed by atoms with van der Waals surface area (Å²) < 4.78 is 0. The maximum absolute atomic E-state index is 11.7. The molecule has 1 rings (SSSR count). The van der Waals surface area contributed by atoms with Gasteiger partial charge in [-0.15, -0.1) is 0 Å². The fraction of sp³-hybridized carbons (Fsp3) is 0.611. The first-order chi connectivity index (χ1) is 10.2. The maximum atomic E-state index is 11.7. The highest BCUT2D eigenvalue weighted by Crippen LogP contribution is 2.10. The fourth-order valence-electron chi connectivity index (χ4n) is 2.33. The van der Waals surface area contributed by atoms with Gasteiger partial charge < -0.3 is 10.4 Å². The molecule has 118 valence electrons. The van der Waals surface area contributed by atoms with Gasteiger partial charge in [0.2, 0.25) is 5.91 Å². The molecule has 0 aliphatic rings. The van der Waals surface area contributed by atoms with Gasteiger partial charge in [0.05, 0.1) is 6.10 Å². The average molecular weight is 291 g/mol. The Morgan fingerprint density at radius 3 is 2.52 bits per heavy atom. The lowest BCUT2D eigenvalue weighted by Gasteiger charge is -2.10. The van der Waals surface area contributed by atoms with E-state index in [1.807, 2.05) is 30.3 Å². The van der Waals surface area contributed by atoms with Gasteiger partial charge in [-0.1, -0.05) is 62.9 Å². The van der Waals surface area contributed by atoms with Crippen molar-refractivity contribution in [3.8, 4) is 0 Å². The van der Waals surface area contributed by atoms with Gasteiger partial charge in [0.15, 0.2) is 0 Å². The van der Waals surface area contributed by atoms with Crippen molar-refractivity contribution >= 4 is 5.91 Å². The summed E-state index contributed by atoms with van der Waals surface area (Å²) in [7, 11) is 0. The Bertz CT molecular complexity index is 378. The Morgan fingerprint density at radius 2 is 1.81 bits per heavy atom. The van der Waals surface area contributed by atoms with E-state index in [9.17, 15) is 9.90 Å². The van der Waals surface area contributed by atoms with Gasteiger partial charge in [0.1, 0.15) is 0 Å². The molecule has 21 heavy (non-hydrogen) atoms. The molecule has 2 N–H and O–H groups in total. The lowest BCUT2D eigenvalue weighted by Crippen LogP contribution is -2.22. The van der Waals surface area contributed by atoms with Crippen LogP contribution in [0.4, 0.5) is 0 Å². The molecule has 3 nitrogen and oxygen atoms in total. The second-order valence-corrected chi connectivity index (χ2v) is 5.66. The third kappa shape index (κ3) is 9.24. The number of aliphatic hydroxyl groups is 1. The summed E-state index contributed by atoms with van der Waals surface area (Å²) in [6.07, 6.45) is 7.36. The molecule has 0 radical (unpaired) electrons. The van der Waals surface area contributed by atoms with Gasteiger partial charge in [-0.3, -0.25) is 4.79 Å². The molecule has 1 atom stereocenters. The Kier molecular flexibility index (Phi) is 9.55. The second kappa shape index (κ2) is 11.3. The minimum Gasteiger partial charge on any atom is -0.393 e. The summed E-state index contributed by atoms with van der Waals surface area (Å²) in [4.78, 5) is 11.7. The van der Waals surface area contributed by atoms with Gasteiger partial charge >= 0.3 is 0 Å². The summed E-state index contributed by atoms with van der Waals surface area (Å²) in [6.45, 7) is 2.77. The summed E-state index contributed by atoms with van der Waals surface area (Å²) >= 11 is 0. The minimum atomic E-state index is -0.247. The molecule has 0 saturated heterocycles. The van der Waals surface area contributed by atoms with Crippen LogP contribution >= 0.6 is 0 Å². The number of unbranched alkanes of at least 4 members (excludes halogenated alkanes) is 3. The number of rotatable bonds is 11. The lowest BCUT2D eigenvalue weighted by molar-refractivity contribution is -0.121. The van der Waals surface area contributed by atoms with Crippen LogP contribution in [0.5, 0.6) is 0 Å².